The van der Waals surface area contributed by atoms with Crippen LogP contribution in [0.1, 0.15) is 41.4 Å². The molecule has 0 radical (unpaired) electrons. The number of rotatable bonds is 4. The van der Waals surface area contributed by atoms with Crippen molar-refractivity contribution in [2.75, 3.05) is 11.9 Å². The fourth-order valence-corrected chi connectivity index (χ4v) is 4.03. The summed E-state index contributed by atoms with van der Waals surface area (Å²) < 4.78 is 38.4. The Labute approximate surface area is 189 Å². The fourth-order valence-electron chi connectivity index (χ4n) is 4.03. The highest BCUT2D eigenvalue weighted by atomic mass is 19.4. The van der Waals surface area contributed by atoms with E-state index in [1.807, 2.05) is 19.9 Å². The molecule has 0 aromatic carbocycles. The van der Waals surface area contributed by atoms with Crippen molar-refractivity contribution in [3.8, 4) is 11.4 Å². The molecule has 1 N–H and O–H groups in total. The zero-order valence-corrected chi connectivity index (χ0v) is 18.2. The van der Waals surface area contributed by atoms with Gasteiger partial charge in [-0.15, -0.1) is 0 Å². The van der Waals surface area contributed by atoms with Crippen LogP contribution in [0, 0.1) is 6.92 Å². The smallest absolute Gasteiger partial charge is 0.365 e. The molecular formula is C23H23F3N6O. The minimum Gasteiger partial charge on any atom is -0.365 e. The molecule has 0 unspecified atom stereocenters. The molecule has 1 aliphatic rings. The van der Waals surface area contributed by atoms with Crippen LogP contribution < -0.4 is 5.32 Å². The van der Waals surface area contributed by atoms with Gasteiger partial charge in [0.15, 0.2) is 5.82 Å². The number of nitrogens with zero attached hydrogens (tertiary/aromatic N) is 5. The molecule has 0 bridgehead atoms. The normalized spacial score (nSPS) is 18.8. The predicted octanol–water partition coefficient (Wildman–Crippen LogP) is 4.37. The third kappa shape index (κ3) is 4.79. The summed E-state index contributed by atoms with van der Waals surface area (Å²) in [7, 11) is 0. The molecule has 0 saturated carbocycles. The van der Waals surface area contributed by atoms with Crippen molar-refractivity contribution in [3.05, 3.63) is 65.9 Å². The minimum absolute atomic E-state index is 0.173. The van der Waals surface area contributed by atoms with Gasteiger partial charge in [-0.25, -0.2) is 15.0 Å². The summed E-state index contributed by atoms with van der Waals surface area (Å²) in [6.07, 6.45) is 2.68. The molecule has 4 heterocycles. The Balaban J connectivity index is 1.56. The lowest BCUT2D eigenvalue weighted by atomic mass is 9.96. The number of piperidine rings is 1. The van der Waals surface area contributed by atoms with E-state index in [1.165, 1.54) is 6.07 Å². The topological polar surface area (TPSA) is 83.9 Å². The quantitative estimate of drug-likeness (QED) is 0.628. The number of anilines is 1. The fraction of sp³-hybridized carbons (Fsp3) is 0.348. The second-order valence-electron chi connectivity index (χ2n) is 7.99. The second-order valence-corrected chi connectivity index (χ2v) is 7.99. The van der Waals surface area contributed by atoms with Crippen LogP contribution in [0.3, 0.4) is 0 Å². The lowest BCUT2D eigenvalue weighted by Gasteiger charge is -2.40. The zero-order valence-electron chi connectivity index (χ0n) is 18.2. The van der Waals surface area contributed by atoms with Gasteiger partial charge in [-0.1, -0.05) is 0 Å². The molecule has 1 fully saturated rings. The lowest BCUT2D eigenvalue weighted by Crippen LogP contribution is -2.52. The van der Waals surface area contributed by atoms with Crippen molar-refractivity contribution in [1.82, 2.24) is 24.8 Å². The van der Waals surface area contributed by atoms with Crippen molar-refractivity contribution in [2.45, 2.75) is 44.9 Å². The Morgan fingerprint density at radius 1 is 1.09 bits per heavy atom. The average Bonchev–Trinajstić information content (AvgIpc) is 2.80. The van der Waals surface area contributed by atoms with Crippen molar-refractivity contribution in [2.24, 2.45) is 0 Å². The van der Waals surface area contributed by atoms with Crippen molar-refractivity contribution in [3.63, 3.8) is 0 Å². The van der Waals surface area contributed by atoms with Crippen LogP contribution >= 0.6 is 0 Å². The first-order valence-electron chi connectivity index (χ1n) is 10.6. The molecule has 7 nitrogen and oxygen atoms in total. The van der Waals surface area contributed by atoms with E-state index in [-0.39, 0.29) is 23.7 Å². The number of amides is 1. The number of halogens is 3. The van der Waals surface area contributed by atoms with E-state index >= 15 is 0 Å². The largest absolute Gasteiger partial charge is 0.417 e. The van der Waals surface area contributed by atoms with Crippen LogP contribution in [0.4, 0.5) is 19.0 Å². The zero-order chi connectivity index (χ0) is 23.6. The summed E-state index contributed by atoms with van der Waals surface area (Å²) in [6, 6.07) is 5.41. The number of nitrogens with one attached hydrogen (secondary N) is 1. The molecule has 1 amide bonds. The standard InChI is InChI=1S/C23H23F3N6O/c1-14-8-11-27-20(19(14)21-28-9-4-10-29-21)22(33)32-12-3-5-17(15(32)2)31-18-7-6-16(13-30-18)23(24,25)26/h4,6-11,13,15,17H,3,5,12H2,1-2H3,(H,30,31)/t15-,17+/m0/s1. The molecule has 4 rings (SSSR count). The van der Waals surface area contributed by atoms with Gasteiger partial charge in [-0.3, -0.25) is 9.78 Å². The van der Waals surface area contributed by atoms with Crippen molar-refractivity contribution in [1.29, 1.82) is 0 Å². The van der Waals surface area contributed by atoms with E-state index in [0.29, 0.717) is 23.8 Å². The Morgan fingerprint density at radius 3 is 2.52 bits per heavy atom. The number of hydrogen-bond acceptors (Lipinski definition) is 6. The highest BCUT2D eigenvalue weighted by Crippen LogP contribution is 2.30. The Hall–Kier alpha value is -3.56. The maximum absolute atomic E-state index is 13.5. The van der Waals surface area contributed by atoms with Gasteiger partial charge >= 0.3 is 6.18 Å². The maximum atomic E-state index is 13.5. The highest BCUT2D eigenvalue weighted by molar-refractivity contribution is 5.99. The van der Waals surface area contributed by atoms with Gasteiger partial charge in [0.2, 0.25) is 0 Å². The Morgan fingerprint density at radius 2 is 1.85 bits per heavy atom. The number of hydrogen-bond donors (Lipinski definition) is 1. The number of aryl methyl sites for hydroxylation is 1. The molecule has 2 atom stereocenters. The summed E-state index contributed by atoms with van der Waals surface area (Å²) in [5.74, 6) is 0.529. The van der Waals surface area contributed by atoms with Gasteiger partial charge < -0.3 is 10.2 Å². The Bertz CT molecular complexity index is 1120. The van der Waals surface area contributed by atoms with E-state index in [1.54, 1.807) is 29.6 Å². The van der Waals surface area contributed by atoms with Gasteiger partial charge in [-0.2, -0.15) is 13.2 Å². The van der Waals surface area contributed by atoms with E-state index in [4.69, 9.17) is 0 Å². The first kappa shape index (κ1) is 22.6. The van der Waals surface area contributed by atoms with Crippen molar-refractivity contribution >= 4 is 11.7 Å². The molecule has 1 aliphatic heterocycles. The summed E-state index contributed by atoms with van der Waals surface area (Å²) >= 11 is 0. The molecule has 1 saturated heterocycles. The molecule has 172 valence electrons. The van der Waals surface area contributed by atoms with Crippen LogP contribution in [-0.4, -0.2) is 49.4 Å². The molecule has 0 spiro atoms. The van der Waals surface area contributed by atoms with E-state index in [9.17, 15) is 18.0 Å². The Kier molecular flexibility index (Phi) is 6.26. The molecular weight excluding hydrogens is 433 g/mol. The van der Waals surface area contributed by atoms with Gasteiger partial charge in [-0.05, 0) is 56.5 Å². The third-order valence-electron chi connectivity index (χ3n) is 5.82. The molecule has 0 aliphatic carbocycles. The van der Waals surface area contributed by atoms with Gasteiger partial charge in [0.05, 0.1) is 11.1 Å². The average molecular weight is 456 g/mol. The second kappa shape index (κ2) is 9.13. The SMILES string of the molecule is Cc1ccnc(C(=O)N2CCC[C@@H](Nc3ccc(C(F)(F)F)cn3)[C@@H]2C)c1-c1ncccn1. The number of carbonyl (C=O) groups excluding carboxylic acids is 1. The third-order valence-corrected chi connectivity index (χ3v) is 5.82. The molecule has 10 heteroatoms. The summed E-state index contributed by atoms with van der Waals surface area (Å²) in [5.41, 5.74) is 0.909. The lowest BCUT2D eigenvalue weighted by molar-refractivity contribution is -0.137. The van der Waals surface area contributed by atoms with Gasteiger partial charge in [0.1, 0.15) is 11.5 Å². The van der Waals surface area contributed by atoms with E-state index in [0.717, 1.165) is 30.7 Å². The number of pyridine rings is 2. The number of carbonyl (C=O) groups is 1. The number of aromatic nitrogens is 4. The number of alkyl halides is 3. The summed E-state index contributed by atoms with van der Waals surface area (Å²) in [6.45, 7) is 4.33. The van der Waals surface area contributed by atoms with E-state index < -0.39 is 11.7 Å². The molecule has 3 aromatic heterocycles. The predicted molar refractivity (Wildman–Crippen MR) is 116 cm³/mol. The van der Waals surface area contributed by atoms with Crippen LogP contribution in [0.2, 0.25) is 0 Å². The van der Waals surface area contributed by atoms with Crippen LogP contribution in [0.5, 0.6) is 0 Å². The van der Waals surface area contributed by atoms with Crippen molar-refractivity contribution < 1.29 is 18.0 Å². The summed E-state index contributed by atoms with van der Waals surface area (Å²) in [4.78, 5) is 32.1. The van der Waals surface area contributed by atoms with Gasteiger partial charge in [0.25, 0.3) is 5.91 Å². The first-order chi connectivity index (χ1) is 15.8. The maximum Gasteiger partial charge on any atom is 0.417 e. The number of likely N-dealkylation sites (tertiary alicyclic amines) is 1. The van der Waals surface area contributed by atoms with Crippen LogP contribution in [0.15, 0.2) is 49.1 Å². The summed E-state index contributed by atoms with van der Waals surface area (Å²) in [5, 5.41) is 3.19. The monoisotopic (exact) mass is 456 g/mol. The molecule has 33 heavy (non-hydrogen) atoms. The highest BCUT2D eigenvalue weighted by Gasteiger charge is 2.34. The molecule has 3 aromatic rings. The van der Waals surface area contributed by atoms with Crippen LogP contribution in [0.25, 0.3) is 11.4 Å². The minimum atomic E-state index is -4.44. The first-order valence-corrected chi connectivity index (χ1v) is 10.6. The van der Waals surface area contributed by atoms with E-state index in [2.05, 4.69) is 25.3 Å². The van der Waals surface area contributed by atoms with Crippen LogP contribution in [-0.2, 0) is 6.18 Å². The van der Waals surface area contributed by atoms with Gasteiger partial charge in [0, 0.05) is 43.4 Å².